The van der Waals surface area contributed by atoms with Crippen LogP contribution in [0, 0.1) is 0 Å². The fraction of sp³-hybridized carbons (Fsp3) is 0.429. The molecule has 0 N–H and O–H groups in total. The number of hydrogen-bond acceptors (Lipinski definition) is 4. The normalized spacial score (nSPS) is 14.1. The molecule has 1 aromatic rings. The number of fused-ring (bicyclic) bond motifs is 1. The number of ketones is 1. The van der Waals surface area contributed by atoms with Gasteiger partial charge >= 0.3 is 5.97 Å². The minimum Gasteiger partial charge on any atom is -0.493 e. The summed E-state index contributed by atoms with van der Waals surface area (Å²) in [5, 5.41) is 0. The highest BCUT2D eigenvalue weighted by Gasteiger charge is 2.19. The largest absolute Gasteiger partial charge is 0.493 e. The molecule has 18 heavy (non-hydrogen) atoms. The first kappa shape index (κ1) is 12.6. The molecular formula is C14H16O4. The average Bonchev–Trinajstić information content (AvgIpc) is 2.62. The predicted molar refractivity (Wildman–Crippen MR) is 65.8 cm³/mol. The summed E-state index contributed by atoms with van der Waals surface area (Å²) in [6.07, 6.45) is 2.92. The van der Waals surface area contributed by atoms with E-state index in [4.69, 9.17) is 9.47 Å². The zero-order valence-electron chi connectivity index (χ0n) is 10.4. The van der Waals surface area contributed by atoms with Crippen molar-refractivity contribution in [2.75, 3.05) is 13.2 Å². The van der Waals surface area contributed by atoms with Gasteiger partial charge in [-0.3, -0.25) is 4.79 Å². The second-order valence-corrected chi connectivity index (χ2v) is 4.18. The third-order valence-electron chi connectivity index (χ3n) is 2.88. The Morgan fingerprint density at radius 3 is 2.94 bits per heavy atom. The van der Waals surface area contributed by atoms with Crippen LogP contribution in [0.2, 0.25) is 0 Å². The van der Waals surface area contributed by atoms with E-state index < -0.39 is 11.8 Å². The summed E-state index contributed by atoms with van der Waals surface area (Å²) in [5.74, 6) is -0.580. The third-order valence-corrected chi connectivity index (χ3v) is 2.88. The first-order chi connectivity index (χ1) is 8.72. The number of ether oxygens (including phenoxy) is 2. The van der Waals surface area contributed by atoms with Gasteiger partial charge in [0.1, 0.15) is 5.75 Å². The second kappa shape index (κ2) is 5.67. The molecule has 0 spiro atoms. The molecule has 0 bridgehead atoms. The molecule has 1 aliphatic rings. The number of rotatable bonds is 3. The van der Waals surface area contributed by atoms with E-state index in [1.165, 1.54) is 0 Å². The first-order valence-corrected chi connectivity index (χ1v) is 6.19. The molecule has 1 heterocycles. The summed E-state index contributed by atoms with van der Waals surface area (Å²) < 4.78 is 10.3. The van der Waals surface area contributed by atoms with Crippen LogP contribution in [-0.4, -0.2) is 25.0 Å². The maximum Gasteiger partial charge on any atom is 0.379 e. The Hall–Kier alpha value is -1.84. The van der Waals surface area contributed by atoms with Gasteiger partial charge in [-0.2, -0.15) is 0 Å². The van der Waals surface area contributed by atoms with Gasteiger partial charge in [0, 0.05) is 5.56 Å². The molecule has 96 valence electrons. The lowest BCUT2D eigenvalue weighted by Crippen LogP contribution is -2.17. The van der Waals surface area contributed by atoms with E-state index in [1.807, 2.05) is 0 Å². The van der Waals surface area contributed by atoms with Crippen molar-refractivity contribution >= 4 is 11.8 Å². The Morgan fingerprint density at radius 1 is 1.33 bits per heavy atom. The van der Waals surface area contributed by atoms with Crippen molar-refractivity contribution in [2.45, 2.75) is 26.2 Å². The molecule has 0 saturated carbocycles. The van der Waals surface area contributed by atoms with Crippen molar-refractivity contribution in [3.8, 4) is 5.75 Å². The summed E-state index contributed by atoms with van der Waals surface area (Å²) in [6, 6.07) is 5.11. The van der Waals surface area contributed by atoms with Crippen molar-refractivity contribution in [3.63, 3.8) is 0 Å². The van der Waals surface area contributed by atoms with Crippen LogP contribution >= 0.6 is 0 Å². The van der Waals surface area contributed by atoms with E-state index in [1.54, 1.807) is 25.1 Å². The molecule has 0 aromatic heterocycles. The molecule has 1 aliphatic heterocycles. The maximum absolute atomic E-state index is 11.8. The smallest absolute Gasteiger partial charge is 0.379 e. The Bertz CT molecular complexity index is 465. The lowest BCUT2D eigenvalue weighted by Gasteiger charge is -2.08. The number of aryl methyl sites for hydroxylation is 1. The Balaban J connectivity index is 2.22. The summed E-state index contributed by atoms with van der Waals surface area (Å²) in [5.41, 5.74) is 1.36. The molecule has 2 rings (SSSR count). The van der Waals surface area contributed by atoms with Gasteiger partial charge in [-0.1, -0.05) is 0 Å². The lowest BCUT2D eigenvalue weighted by atomic mass is 10.0. The molecule has 1 aromatic carbocycles. The fourth-order valence-corrected chi connectivity index (χ4v) is 1.97. The van der Waals surface area contributed by atoms with Gasteiger partial charge in [0.25, 0.3) is 5.78 Å². The zero-order chi connectivity index (χ0) is 13.0. The maximum atomic E-state index is 11.8. The molecule has 0 aliphatic carbocycles. The monoisotopic (exact) mass is 248 g/mol. The van der Waals surface area contributed by atoms with Crippen LogP contribution in [0.3, 0.4) is 0 Å². The van der Waals surface area contributed by atoms with Gasteiger partial charge in [-0.25, -0.2) is 4.79 Å². The highest BCUT2D eigenvalue weighted by atomic mass is 16.5. The van der Waals surface area contributed by atoms with E-state index in [9.17, 15) is 9.59 Å². The Morgan fingerprint density at radius 2 is 2.17 bits per heavy atom. The van der Waals surface area contributed by atoms with Gasteiger partial charge in [-0.05, 0) is 49.9 Å². The van der Waals surface area contributed by atoms with E-state index in [0.717, 1.165) is 30.6 Å². The van der Waals surface area contributed by atoms with Crippen molar-refractivity contribution in [3.05, 3.63) is 29.3 Å². The zero-order valence-corrected chi connectivity index (χ0v) is 10.4. The molecule has 0 radical (unpaired) electrons. The van der Waals surface area contributed by atoms with Gasteiger partial charge < -0.3 is 9.47 Å². The fourth-order valence-electron chi connectivity index (χ4n) is 1.97. The summed E-state index contributed by atoms with van der Waals surface area (Å²) in [7, 11) is 0. The summed E-state index contributed by atoms with van der Waals surface area (Å²) in [6.45, 7) is 2.59. The van der Waals surface area contributed by atoms with Crippen molar-refractivity contribution in [2.24, 2.45) is 0 Å². The SMILES string of the molecule is CCOC(=O)C(=O)c1ccc2c(c1)CCCCO2. The third kappa shape index (κ3) is 2.70. The molecule has 0 saturated heterocycles. The van der Waals surface area contributed by atoms with Crippen LogP contribution in [0.25, 0.3) is 0 Å². The van der Waals surface area contributed by atoms with Crippen LogP contribution in [-0.2, 0) is 16.0 Å². The molecule has 4 heteroatoms. The molecule has 0 fully saturated rings. The van der Waals surface area contributed by atoms with E-state index in [-0.39, 0.29) is 6.61 Å². The van der Waals surface area contributed by atoms with Crippen molar-refractivity contribution in [1.82, 2.24) is 0 Å². The Labute approximate surface area is 106 Å². The van der Waals surface area contributed by atoms with Crippen LogP contribution in [0.4, 0.5) is 0 Å². The number of hydrogen-bond donors (Lipinski definition) is 0. The lowest BCUT2D eigenvalue weighted by molar-refractivity contribution is -0.137. The molecule has 4 nitrogen and oxygen atoms in total. The molecule has 0 unspecified atom stereocenters. The van der Waals surface area contributed by atoms with E-state index in [2.05, 4.69) is 0 Å². The number of carbonyl (C=O) groups excluding carboxylic acids is 2. The number of esters is 1. The van der Waals surface area contributed by atoms with Gasteiger partial charge in [-0.15, -0.1) is 0 Å². The minimum absolute atomic E-state index is 0.207. The van der Waals surface area contributed by atoms with Crippen LogP contribution in [0.1, 0.15) is 35.7 Å². The van der Waals surface area contributed by atoms with Crippen LogP contribution in [0.5, 0.6) is 5.75 Å². The summed E-state index contributed by atoms with van der Waals surface area (Å²) >= 11 is 0. The second-order valence-electron chi connectivity index (χ2n) is 4.18. The minimum atomic E-state index is -0.799. The quantitative estimate of drug-likeness (QED) is 0.467. The highest BCUT2D eigenvalue weighted by molar-refractivity contribution is 6.40. The Kier molecular flexibility index (Phi) is 3.97. The van der Waals surface area contributed by atoms with E-state index in [0.29, 0.717) is 12.2 Å². The highest BCUT2D eigenvalue weighted by Crippen LogP contribution is 2.25. The molecule has 0 amide bonds. The summed E-state index contributed by atoms with van der Waals surface area (Å²) in [4.78, 5) is 23.2. The number of Topliss-reactive ketones (excluding diaryl/α,β-unsaturated/α-hetero) is 1. The van der Waals surface area contributed by atoms with Crippen molar-refractivity contribution < 1.29 is 19.1 Å². The van der Waals surface area contributed by atoms with Gasteiger partial charge in [0.15, 0.2) is 0 Å². The average molecular weight is 248 g/mol. The van der Waals surface area contributed by atoms with Gasteiger partial charge in [0.2, 0.25) is 0 Å². The van der Waals surface area contributed by atoms with Gasteiger partial charge in [0.05, 0.1) is 13.2 Å². The number of carbonyl (C=O) groups is 2. The standard InChI is InChI=1S/C14H16O4/c1-2-17-14(16)13(15)11-6-7-12-10(9-11)5-3-4-8-18-12/h6-7,9H,2-5,8H2,1H3. The van der Waals surface area contributed by atoms with Crippen LogP contribution < -0.4 is 4.74 Å². The topological polar surface area (TPSA) is 52.6 Å². The van der Waals surface area contributed by atoms with E-state index >= 15 is 0 Å². The van der Waals surface area contributed by atoms with Crippen LogP contribution in [0.15, 0.2) is 18.2 Å². The first-order valence-electron chi connectivity index (χ1n) is 6.19. The molecular weight excluding hydrogens is 232 g/mol. The van der Waals surface area contributed by atoms with Crippen molar-refractivity contribution in [1.29, 1.82) is 0 Å². The predicted octanol–water partition coefficient (Wildman–Crippen LogP) is 2.15. The molecule has 0 atom stereocenters. The number of benzene rings is 1.